The molecule has 1 aromatic rings. The van der Waals surface area contributed by atoms with Gasteiger partial charge >= 0.3 is 0 Å². The molecule has 1 aliphatic heterocycles. The van der Waals surface area contributed by atoms with E-state index in [1.165, 1.54) is 10.4 Å². The molecule has 0 aliphatic carbocycles. The first-order valence-electron chi connectivity index (χ1n) is 5.14. The highest BCUT2D eigenvalue weighted by atomic mass is 32.2. The molecule has 1 fully saturated rings. The van der Waals surface area contributed by atoms with Crippen molar-refractivity contribution < 1.29 is 12.8 Å². The lowest BCUT2D eigenvalue weighted by Gasteiger charge is -2.25. The SMILES string of the molecule is NCc1ccc(S(=O)(=O)N2CCNCC2)o1. The van der Waals surface area contributed by atoms with Crippen LogP contribution >= 0.6 is 0 Å². The van der Waals surface area contributed by atoms with Gasteiger partial charge in [0, 0.05) is 26.2 Å². The smallest absolute Gasteiger partial charge is 0.276 e. The number of hydrogen-bond acceptors (Lipinski definition) is 5. The Hall–Kier alpha value is -0.890. The summed E-state index contributed by atoms with van der Waals surface area (Å²) in [6.07, 6.45) is 0. The van der Waals surface area contributed by atoms with Gasteiger partial charge in [-0.25, -0.2) is 8.42 Å². The molecular formula is C9H15N3O3S. The minimum atomic E-state index is -3.48. The zero-order chi connectivity index (χ0) is 11.6. The minimum Gasteiger partial charge on any atom is -0.447 e. The molecule has 0 bridgehead atoms. The van der Waals surface area contributed by atoms with Gasteiger partial charge in [0.25, 0.3) is 10.0 Å². The fourth-order valence-electron chi connectivity index (χ4n) is 1.62. The first kappa shape index (κ1) is 11.6. The van der Waals surface area contributed by atoms with Crippen LogP contribution in [0.3, 0.4) is 0 Å². The number of furan rings is 1. The summed E-state index contributed by atoms with van der Waals surface area (Å²) >= 11 is 0. The maximum atomic E-state index is 12.1. The van der Waals surface area contributed by atoms with Crippen molar-refractivity contribution in [2.24, 2.45) is 5.73 Å². The standard InChI is InChI=1S/C9H15N3O3S/c10-7-8-1-2-9(15-8)16(13,14)12-5-3-11-4-6-12/h1-2,11H,3-7,10H2. The molecule has 1 saturated heterocycles. The van der Waals surface area contributed by atoms with Crippen LogP contribution in [-0.2, 0) is 16.6 Å². The van der Waals surface area contributed by atoms with Gasteiger partial charge in [-0.1, -0.05) is 0 Å². The van der Waals surface area contributed by atoms with Gasteiger partial charge in [0.05, 0.1) is 6.54 Å². The lowest BCUT2D eigenvalue weighted by Crippen LogP contribution is -2.46. The van der Waals surface area contributed by atoms with Gasteiger partial charge in [0.15, 0.2) is 0 Å². The normalized spacial score (nSPS) is 18.8. The van der Waals surface area contributed by atoms with Gasteiger partial charge in [-0.3, -0.25) is 0 Å². The Kier molecular flexibility index (Phi) is 3.29. The maximum absolute atomic E-state index is 12.1. The molecule has 7 heteroatoms. The molecule has 1 aliphatic rings. The largest absolute Gasteiger partial charge is 0.447 e. The average molecular weight is 245 g/mol. The van der Waals surface area contributed by atoms with Crippen LogP contribution in [0.1, 0.15) is 5.76 Å². The number of nitrogens with one attached hydrogen (secondary N) is 1. The molecule has 0 atom stereocenters. The van der Waals surface area contributed by atoms with E-state index >= 15 is 0 Å². The van der Waals surface area contributed by atoms with Crippen molar-refractivity contribution >= 4 is 10.0 Å². The van der Waals surface area contributed by atoms with E-state index in [9.17, 15) is 8.42 Å². The first-order valence-corrected chi connectivity index (χ1v) is 6.58. The number of nitrogens with two attached hydrogens (primary N) is 1. The molecule has 0 saturated carbocycles. The first-order chi connectivity index (χ1) is 7.64. The summed E-state index contributed by atoms with van der Waals surface area (Å²) in [6, 6.07) is 3.05. The van der Waals surface area contributed by atoms with Gasteiger partial charge in [0.1, 0.15) is 5.76 Å². The number of sulfonamides is 1. The molecule has 0 aromatic carbocycles. The summed E-state index contributed by atoms with van der Waals surface area (Å²) in [5.74, 6) is 0.480. The number of nitrogens with zero attached hydrogens (tertiary/aromatic N) is 1. The quantitative estimate of drug-likeness (QED) is 0.737. The van der Waals surface area contributed by atoms with Gasteiger partial charge in [-0.05, 0) is 12.1 Å². The van der Waals surface area contributed by atoms with E-state index in [0.29, 0.717) is 31.9 Å². The second-order valence-corrected chi connectivity index (χ2v) is 5.45. The molecule has 0 radical (unpaired) electrons. The lowest BCUT2D eigenvalue weighted by molar-refractivity contribution is 0.338. The van der Waals surface area contributed by atoms with Crippen LogP contribution in [-0.4, -0.2) is 38.9 Å². The predicted molar refractivity (Wildman–Crippen MR) is 58.2 cm³/mol. The van der Waals surface area contributed by atoms with Gasteiger partial charge in [0.2, 0.25) is 5.09 Å². The Bertz CT molecular complexity index is 448. The average Bonchev–Trinajstić information content (AvgIpc) is 2.79. The molecular weight excluding hydrogens is 230 g/mol. The summed E-state index contributed by atoms with van der Waals surface area (Å²) in [7, 11) is -3.48. The van der Waals surface area contributed by atoms with E-state index in [1.54, 1.807) is 6.07 Å². The molecule has 3 N–H and O–H groups in total. The summed E-state index contributed by atoms with van der Waals surface area (Å²) in [5.41, 5.74) is 5.37. The van der Waals surface area contributed by atoms with E-state index in [2.05, 4.69) is 5.32 Å². The van der Waals surface area contributed by atoms with Crippen molar-refractivity contribution in [1.29, 1.82) is 0 Å². The Labute approximate surface area is 94.5 Å². The van der Waals surface area contributed by atoms with E-state index in [4.69, 9.17) is 10.2 Å². The summed E-state index contributed by atoms with van der Waals surface area (Å²) < 4.78 is 30.8. The van der Waals surface area contributed by atoms with Crippen LogP contribution in [0.25, 0.3) is 0 Å². The zero-order valence-electron chi connectivity index (χ0n) is 8.85. The number of rotatable bonds is 3. The maximum Gasteiger partial charge on any atom is 0.276 e. The Morgan fingerprint density at radius 3 is 2.62 bits per heavy atom. The Morgan fingerprint density at radius 2 is 2.06 bits per heavy atom. The second-order valence-electron chi connectivity index (χ2n) is 3.58. The van der Waals surface area contributed by atoms with Gasteiger partial charge in [-0.15, -0.1) is 0 Å². The van der Waals surface area contributed by atoms with Crippen LogP contribution in [0.5, 0.6) is 0 Å². The molecule has 0 unspecified atom stereocenters. The van der Waals surface area contributed by atoms with Crippen molar-refractivity contribution in [3.63, 3.8) is 0 Å². The molecule has 0 spiro atoms. The van der Waals surface area contributed by atoms with Gasteiger partial charge < -0.3 is 15.5 Å². The van der Waals surface area contributed by atoms with Crippen LogP contribution in [0.2, 0.25) is 0 Å². The Morgan fingerprint density at radius 1 is 1.38 bits per heavy atom. The fourth-order valence-corrected chi connectivity index (χ4v) is 2.99. The van der Waals surface area contributed by atoms with Crippen molar-refractivity contribution in [1.82, 2.24) is 9.62 Å². The van der Waals surface area contributed by atoms with Crippen LogP contribution < -0.4 is 11.1 Å². The van der Waals surface area contributed by atoms with Crippen LogP contribution in [0, 0.1) is 0 Å². The minimum absolute atomic E-state index is 0.0187. The third kappa shape index (κ3) is 2.12. The van der Waals surface area contributed by atoms with E-state index in [1.807, 2.05) is 0 Å². The van der Waals surface area contributed by atoms with E-state index in [0.717, 1.165) is 0 Å². The molecule has 16 heavy (non-hydrogen) atoms. The van der Waals surface area contributed by atoms with E-state index in [-0.39, 0.29) is 11.6 Å². The molecule has 6 nitrogen and oxygen atoms in total. The molecule has 2 heterocycles. The summed E-state index contributed by atoms with van der Waals surface area (Å²) in [4.78, 5) is 0. The molecule has 1 aromatic heterocycles. The van der Waals surface area contributed by atoms with Crippen molar-refractivity contribution in [3.05, 3.63) is 17.9 Å². The summed E-state index contributed by atoms with van der Waals surface area (Å²) in [5, 5.41) is 3.08. The fraction of sp³-hybridized carbons (Fsp3) is 0.556. The topological polar surface area (TPSA) is 88.6 Å². The van der Waals surface area contributed by atoms with Gasteiger partial charge in [-0.2, -0.15) is 4.31 Å². The Balaban J connectivity index is 2.23. The van der Waals surface area contributed by atoms with Crippen molar-refractivity contribution in [3.8, 4) is 0 Å². The number of hydrogen-bond donors (Lipinski definition) is 2. The molecule has 0 amide bonds. The monoisotopic (exact) mass is 245 g/mol. The zero-order valence-corrected chi connectivity index (χ0v) is 9.66. The van der Waals surface area contributed by atoms with Crippen molar-refractivity contribution in [2.45, 2.75) is 11.6 Å². The molecule has 90 valence electrons. The lowest BCUT2D eigenvalue weighted by atomic mass is 10.4. The number of piperazine rings is 1. The third-order valence-electron chi connectivity index (χ3n) is 2.51. The van der Waals surface area contributed by atoms with E-state index < -0.39 is 10.0 Å². The molecule has 2 rings (SSSR count). The second kappa shape index (κ2) is 4.54. The summed E-state index contributed by atoms with van der Waals surface area (Å²) in [6.45, 7) is 2.49. The highest BCUT2D eigenvalue weighted by molar-refractivity contribution is 7.89. The third-order valence-corrected chi connectivity index (χ3v) is 4.28. The van der Waals surface area contributed by atoms with Crippen molar-refractivity contribution in [2.75, 3.05) is 26.2 Å². The van der Waals surface area contributed by atoms with Crippen LogP contribution in [0.4, 0.5) is 0 Å². The highest BCUT2D eigenvalue weighted by Crippen LogP contribution is 2.18. The predicted octanol–water partition coefficient (Wildman–Crippen LogP) is -0.668. The van der Waals surface area contributed by atoms with Crippen LogP contribution in [0.15, 0.2) is 21.6 Å². The highest BCUT2D eigenvalue weighted by Gasteiger charge is 2.28.